The van der Waals surface area contributed by atoms with Gasteiger partial charge in [-0.3, -0.25) is 14.3 Å². The third-order valence-electron chi connectivity index (χ3n) is 4.63. The first-order valence-corrected chi connectivity index (χ1v) is 9.94. The van der Waals surface area contributed by atoms with Crippen LogP contribution in [0.3, 0.4) is 0 Å². The van der Waals surface area contributed by atoms with Crippen molar-refractivity contribution < 1.29 is 9.18 Å². The molecule has 0 radical (unpaired) electrons. The summed E-state index contributed by atoms with van der Waals surface area (Å²) in [7, 11) is 0. The standard InChI is InChI=1S/C23H17BrFN3O/c24-23-27-21(17-7-9-19(25)10-8-17)22(18-12-14-26-15-13-18)28(23)20(29)11-6-16-4-2-1-3-5-16/h1-5,7-10,12-15H,6,11H2. The lowest BCUT2D eigenvalue weighted by Crippen LogP contribution is -2.13. The van der Waals surface area contributed by atoms with E-state index in [0.717, 1.165) is 16.7 Å². The molecule has 144 valence electrons. The maximum absolute atomic E-state index is 13.4. The summed E-state index contributed by atoms with van der Waals surface area (Å²) in [5.41, 5.74) is 3.90. The van der Waals surface area contributed by atoms with Gasteiger partial charge in [-0.1, -0.05) is 30.3 Å². The van der Waals surface area contributed by atoms with Gasteiger partial charge in [0, 0.05) is 29.9 Å². The largest absolute Gasteiger partial charge is 0.274 e. The number of hydrogen-bond donors (Lipinski definition) is 0. The zero-order valence-corrected chi connectivity index (χ0v) is 17.0. The topological polar surface area (TPSA) is 47.8 Å². The Morgan fingerprint density at radius 3 is 2.31 bits per heavy atom. The smallest absolute Gasteiger partial charge is 0.233 e. The Bertz CT molecular complexity index is 1130. The Kier molecular flexibility index (Phi) is 5.62. The highest BCUT2D eigenvalue weighted by Gasteiger charge is 2.23. The Morgan fingerprint density at radius 2 is 1.62 bits per heavy atom. The van der Waals surface area contributed by atoms with Crippen LogP contribution in [0.1, 0.15) is 16.8 Å². The molecule has 0 bridgehead atoms. The first kappa shape index (κ1) is 19.2. The maximum atomic E-state index is 13.4. The van der Waals surface area contributed by atoms with Gasteiger partial charge in [-0.15, -0.1) is 0 Å². The number of carbonyl (C=O) groups excluding carboxylic acids is 1. The summed E-state index contributed by atoms with van der Waals surface area (Å²) in [5.74, 6) is -0.398. The summed E-state index contributed by atoms with van der Waals surface area (Å²) in [6.07, 6.45) is 4.30. The molecular weight excluding hydrogens is 433 g/mol. The summed E-state index contributed by atoms with van der Waals surface area (Å²) in [6, 6.07) is 19.6. The molecule has 6 heteroatoms. The quantitative estimate of drug-likeness (QED) is 0.387. The third kappa shape index (κ3) is 4.17. The maximum Gasteiger partial charge on any atom is 0.233 e. The van der Waals surface area contributed by atoms with Crippen LogP contribution >= 0.6 is 15.9 Å². The highest BCUT2D eigenvalue weighted by molar-refractivity contribution is 9.10. The van der Waals surface area contributed by atoms with E-state index in [2.05, 4.69) is 25.9 Å². The van der Waals surface area contributed by atoms with Gasteiger partial charge in [0.25, 0.3) is 0 Å². The molecular formula is C23H17BrFN3O. The van der Waals surface area contributed by atoms with E-state index in [1.165, 1.54) is 12.1 Å². The van der Waals surface area contributed by atoms with E-state index in [4.69, 9.17) is 0 Å². The van der Waals surface area contributed by atoms with Crippen molar-refractivity contribution in [3.8, 4) is 22.5 Å². The summed E-state index contributed by atoms with van der Waals surface area (Å²) < 4.78 is 15.4. The van der Waals surface area contributed by atoms with Gasteiger partial charge < -0.3 is 0 Å². The Balaban J connectivity index is 1.77. The predicted octanol–water partition coefficient (Wildman–Crippen LogP) is 5.79. The minimum absolute atomic E-state index is 0.0756. The minimum atomic E-state index is -0.323. The fourth-order valence-corrected chi connectivity index (χ4v) is 3.77. The molecule has 0 N–H and O–H groups in total. The highest BCUT2D eigenvalue weighted by atomic mass is 79.9. The van der Waals surface area contributed by atoms with E-state index in [9.17, 15) is 9.18 Å². The van der Waals surface area contributed by atoms with Crippen LogP contribution in [0.25, 0.3) is 22.5 Å². The predicted molar refractivity (Wildman–Crippen MR) is 114 cm³/mol. The Hall–Kier alpha value is -3.12. The van der Waals surface area contributed by atoms with Gasteiger partial charge in [0.05, 0.1) is 11.4 Å². The summed E-state index contributed by atoms with van der Waals surface area (Å²) in [5, 5.41) is 0. The van der Waals surface area contributed by atoms with E-state index in [1.807, 2.05) is 42.5 Å². The number of aromatic nitrogens is 3. The molecule has 2 aromatic carbocycles. The monoisotopic (exact) mass is 449 g/mol. The number of nitrogens with zero attached hydrogens (tertiary/aromatic N) is 3. The summed E-state index contributed by atoms with van der Waals surface area (Å²) in [4.78, 5) is 21.8. The molecule has 2 heterocycles. The van der Waals surface area contributed by atoms with Crippen molar-refractivity contribution in [3.05, 3.63) is 95.2 Å². The number of imidazole rings is 1. The lowest BCUT2D eigenvalue weighted by Gasteiger charge is -2.10. The van der Waals surface area contributed by atoms with Crippen molar-refractivity contribution in [2.75, 3.05) is 0 Å². The second kappa shape index (κ2) is 8.49. The zero-order valence-electron chi connectivity index (χ0n) is 15.4. The average molecular weight is 450 g/mol. The van der Waals surface area contributed by atoms with Crippen molar-refractivity contribution in [2.45, 2.75) is 12.8 Å². The molecule has 0 fully saturated rings. The van der Waals surface area contributed by atoms with E-state index in [0.29, 0.717) is 29.0 Å². The van der Waals surface area contributed by atoms with Gasteiger partial charge in [-0.25, -0.2) is 9.37 Å². The van der Waals surface area contributed by atoms with Crippen molar-refractivity contribution in [3.63, 3.8) is 0 Å². The highest BCUT2D eigenvalue weighted by Crippen LogP contribution is 2.34. The van der Waals surface area contributed by atoms with Crippen molar-refractivity contribution in [2.24, 2.45) is 0 Å². The van der Waals surface area contributed by atoms with Gasteiger partial charge in [-0.05, 0) is 64.3 Å². The molecule has 0 saturated carbocycles. The number of rotatable bonds is 5. The molecule has 4 rings (SSSR count). The van der Waals surface area contributed by atoms with Gasteiger partial charge in [0.2, 0.25) is 5.91 Å². The van der Waals surface area contributed by atoms with Crippen LogP contribution in [0.15, 0.2) is 83.9 Å². The van der Waals surface area contributed by atoms with Gasteiger partial charge in [-0.2, -0.15) is 0 Å². The molecule has 0 spiro atoms. The summed E-state index contributed by atoms with van der Waals surface area (Å²) in [6.45, 7) is 0. The molecule has 0 atom stereocenters. The second-order valence-corrected chi connectivity index (χ2v) is 7.24. The van der Waals surface area contributed by atoms with E-state index in [-0.39, 0.29) is 11.7 Å². The SMILES string of the molecule is O=C(CCc1ccccc1)n1c(Br)nc(-c2ccc(F)cc2)c1-c1ccncc1. The van der Waals surface area contributed by atoms with Crippen LogP contribution in [0.2, 0.25) is 0 Å². The van der Waals surface area contributed by atoms with Crippen molar-refractivity contribution in [1.82, 2.24) is 14.5 Å². The van der Waals surface area contributed by atoms with Crippen LogP contribution in [0, 0.1) is 5.82 Å². The fourth-order valence-electron chi connectivity index (χ4n) is 3.21. The number of carbonyl (C=O) groups is 1. The molecule has 4 aromatic rings. The van der Waals surface area contributed by atoms with E-state index >= 15 is 0 Å². The molecule has 0 aliphatic heterocycles. The first-order valence-electron chi connectivity index (χ1n) is 9.15. The molecule has 0 aliphatic carbocycles. The molecule has 4 nitrogen and oxygen atoms in total. The van der Waals surface area contributed by atoms with Gasteiger partial charge >= 0.3 is 0 Å². The molecule has 29 heavy (non-hydrogen) atoms. The minimum Gasteiger partial charge on any atom is -0.274 e. The number of hydrogen-bond acceptors (Lipinski definition) is 3. The second-order valence-electron chi connectivity index (χ2n) is 6.54. The zero-order chi connectivity index (χ0) is 20.2. The van der Waals surface area contributed by atoms with Crippen LogP contribution in [-0.4, -0.2) is 20.4 Å². The first-order chi connectivity index (χ1) is 14.1. The lowest BCUT2D eigenvalue weighted by atomic mass is 10.0. The number of aryl methyl sites for hydroxylation is 1. The van der Waals surface area contributed by atoms with E-state index < -0.39 is 0 Å². The van der Waals surface area contributed by atoms with Crippen LogP contribution in [-0.2, 0) is 6.42 Å². The molecule has 0 saturated heterocycles. The van der Waals surface area contributed by atoms with Crippen LogP contribution in [0.4, 0.5) is 4.39 Å². The normalized spacial score (nSPS) is 10.8. The number of halogens is 2. The fraction of sp³-hybridized carbons (Fsp3) is 0.0870. The third-order valence-corrected chi connectivity index (χ3v) is 5.16. The Labute approximate surface area is 176 Å². The molecule has 0 unspecified atom stereocenters. The Morgan fingerprint density at radius 1 is 0.931 bits per heavy atom. The van der Waals surface area contributed by atoms with E-state index in [1.54, 1.807) is 29.1 Å². The average Bonchev–Trinajstić information content (AvgIpc) is 3.11. The van der Waals surface area contributed by atoms with Crippen molar-refractivity contribution in [1.29, 1.82) is 0 Å². The number of pyridine rings is 1. The van der Waals surface area contributed by atoms with Gasteiger partial charge in [0.15, 0.2) is 4.73 Å². The lowest BCUT2D eigenvalue weighted by molar-refractivity contribution is 0.0902. The van der Waals surface area contributed by atoms with Gasteiger partial charge in [0.1, 0.15) is 5.82 Å². The summed E-state index contributed by atoms with van der Waals surface area (Å²) >= 11 is 3.45. The molecule has 0 aliphatic rings. The van der Waals surface area contributed by atoms with Crippen LogP contribution < -0.4 is 0 Å². The van der Waals surface area contributed by atoms with Crippen molar-refractivity contribution >= 4 is 21.8 Å². The van der Waals surface area contributed by atoms with Crippen LogP contribution in [0.5, 0.6) is 0 Å². The molecule has 0 amide bonds. The molecule has 2 aromatic heterocycles. The number of benzene rings is 2.